The molecule has 1 aromatic heterocycles. The van der Waals surface area contributed by atoms with Gasteiger partial charge in [-0.1, -0.05) is 6.07 Å². The zero-order valence-electron chi connectivity index (χ0n) is 13.8. The minimum atomic E-state index is -0.0767. The molecule has 1 aliphatic heterocycles. The fraction of sp³-hybridized carbons (Fsp3) is 0.368. The number of nitrogens with one attached hydrogen (secondary N) is 2. The van der Waals surface area contributed by atoms with E-state index in [4.69, 9.17) is 5.26 Å². The SMILES string of the molecule is C[C@H](NC(=O)c1ccc(C#N)cc1)[C@@H](c1cccs1)[NH+]1CCCC1. The second-order valence-electron chi connectivity index (χ2n) is 6.31. The molecule has 2 heterocycles. The molecule has 0 saturated carbocycles. The summed E-state index contributed by atoms with van der Waals surface area (Å²) < 4.78 is 0. The van der Waals surface area contributed by atoms with Crippen molar-refractivity contribution in [1.82, 2.24) is 5.32 Å². The van der Waals surface area contributed by atoms with E-state index in [0.717, 1.165) is 0 Å². The average molecular weight is 340 g/mol. The summed E-state index contributed by atoms with van der Waals surface area (Å²) in [6, 6.07) is 13.5. The molecule has 0 bridgehead atoms. The number of rotatable bonds is 5. The largest absolute Gasteiger partial charge is 0.343 e. The number of hydrogen-bond donors (Lipinski definition) is 2. The number of hydrogen-bond acceptors (Lipinski definition) is 3. The highest BCUT2D eigenvalue weighted by Gasteiger charge is 2.33. The van der Waals surface area contributed by atoms with Crippen LogP contribution in [0.25, 0.3) is 0 Å². The van der Waals surface area contributed by atoms with E-state index in [0.29, 0.717) is 17.2 Å². The van der Waals surface area contributed by atoms with Crippen LogP contribution in [0, 0.1) is 11.3 Å². The highest BCUT2D eigenvalue weighted by Crippen LogP contribution is 2.21. The van der Waals surface area contributed by atoms with Crippen molar-refractivity contribution in [1.29, 1.82) is 5.26 Å². The lowest BCUT2D eigenvalue weighted by molar-refractivity contribution is -0.920. The van der Waals surface area contributed by atoms with Crippen molar-refractivity contribution in [2.24, 2.45) is 0 Å². The van der Waals surface area contributed by atoms with Crippen LogP contribution in [0.4, 0.5) is 0 Å². The predicted octanol–water partition coefficient (Wildman–Crippen LogP) is 2.16. The Balaban J connectivity index is 1.73. The predicted molar refractivity (Wildman–Crippen MR) is 95.1 cm³/mol. The Labute approximate surface area is 146 Å². The number of amides is 1. The van der Waals surface area contributed by atoms with E-state index < -0.39 is 0 Å². The number of benzene rings is 1. The van der Waals surface area contributed by atoms with Gasteiger partial charge in [-0.05, 0) is 42.6 Å². The van der Waals surface area contributed by atoms with Crippen LogP contribution in [0.15, 0.2) is 41.8 Å². The topological polar surface area (TPSA) is 57.3 Å². The molecule has 1 saturated heterocycles. The van der Waals surface area contributed by atoms with Crippen LogP contribution in [0.5, 0.6) is 0 Å². The summed E-state index contributed by atoms with van der Waals surface area (Å²) in [7, 11) is 0. The summed E-state index contributed by atoms with van der Waals surface area (Å²) >= 11 is 1.77. The van der Waals surface area contributed by atoms with Crippen LogP contribution in [0.1, 0.15) is 46.6 Å². The number of carbonyl (C=O) groups excluding carboxylic acids is 1. The van der Waals surface area contributed by atoms with E-state index in [-0.39, 0.29) is 11.9 Å². The number of quaternary nitrogens is 1. The van der Waals surface area contributed by atoms with Crippen molar-refractivity contribution in [2.75, 3.05) is 13.1 Å². The fourth-order valence-electron chi connectivity index (χ4n) is 3.48. The highest BCUT2D eigenvalue weighted by molar-refractivity contribution is 7.10. The number of nitriles is 1. The number of likely N-dealkylation sites (tertiary alicyclic amines) is 1. The smallest absolute Gasteiger partial charge is 0.251 e. The van der Waals surface area contributed by atoms with Crippen LogP contribution < -0.4 is 10.2 Å². The maximum Gasteiger partial charge on any atom is 0.251 e. The van der Waals surface area contributed by atoms with Crippen LogP contribution in [0.3, 0.4) is 0 Å². The molecule has 1 amide bonds. The molecule has 0 aliphatic carbocycles. The minimum Gasteiger partial charge on any atom is -0.343 e. The Bertz CT molecular complexity index is 712. The normalized spacial score (nSPS) is 17.2. The van der Waals surface area contributed by atoms with Crippen molar-refractivity contribution in [3.8, 4) is 6.07 Å². The van der Waals surface area contributed by atoms with Crippen molar-refractivity contribution in [2.45, 2.75) is 31.8 Å². The summed E-state index contributed by atoms with van der Waals surface area (Å²) in [5, 5.41) is 14.1. The second-order valence-corrected chi connectivity index (χ2v) is 7.29. The van der Waals surface area contributed by atoms with Crippen molar-refractivity contribution >= 4 is 17.2 Å². The highest BCUT2D eigenvalue weighted by atomic mass is 32.1. The molecule has 24 heavy (non-hydrogen) atoms. The monoisotopic (exact) mass is 340 g/mol. The molecule has 5 heteroatoms. The maximum atomic E-state index is 12.5. The summed E-state index contributed by atoms with van der Waals surface area (Å²) in [6.45, 7) is 4.43. The molecule has 124 valence electrons. The molecular weight excluding hydrogens is 318 g/mol. The Morgan fingerprint density at radius 1 is 1.25 bits per heavy atom. The molecule has 4 nitrogen and oxygen atoms in total. The summed E-state index contributed by atoms with van der Waals surface area (Å²) in [5.74, 6) is -0.0767. The number of carbonyl (C=O) groups is 1. The van der Waals surface area contributed by atoms with Gasteiger partial charge in [-0.3, -0.25) is 4.79 Å². The molecule has 0 unspecified atom stereocenters. The summed E-state index contributed by atoms with van der Waals surface area (Å²) in [5.41, 5.74) is 1.17. The van der Waals surface area contributed by atoms with Gasteiger partial charge >= 0.3 is 0 Å². The van der Waals surface area contributed by atoms with Gasteiger partial charge in [0.05, 0.1) is 35.6 Å². The van der Waals surface area contributed by atoms with Crippen LogP contribution in [-0.2, 0) is 0 Å². The van der Waals surface area contributed by atoms with Crippen LogP contribution in [0.2, 0.25) is 0 Å². The zero-order chi connectivity index (χ0) is 16.9. The maximum absolute atomic E-state index is 12.5. The van der Waals surface area contributed by atoms with E-state index in [1.807, 2.05) is 0 Å². The Morgan fingerprint density at radius 2 is 1.96 bits per heavy atom. The van der Waals surface area contributed by atoms with E-state index >= 15 is 0 Å². The van der Waals surface area contributed by atoms with Crippen molar-refractivity contribution in [3.63, 3.8) is 0 Å². The first kappa shape index (κ1) is 16.7. The van der Waals surface area contributed by atoms with Crippen LogP contribution in [-0.4, -0.2) is 25.0 Å². The number of nitrogens with zero attached hydrogens (tertiary/aromatic N) is 1. The van der Waals surface area contributed by atoms with Crippen LogP contribution >= 0.6 is 11.3 Å². The van der Waals surface area contributed by atoms with Gasteiger partial charge in [-0.15, -0.1) is 11.3 Å². The van der Waals surface area contributed by atoms with E-state index in [1.54, 1.807) is 40.5 Å². The molecule has 0 radical (unpaired) electrons. The third-order valence-electron chi connectivity index (χ3n) is 4.67. The third-order valence-corrected chi connectivity index (χ3v) is 5.63. The van der Waals surface area contributed by atoms with Gasteiger partial charge in [-0.25, -0.2) is 0 Å². The Morgan fingerprint density at radius 3 is 2.54 bits per heavy atom. The molecule has 1 aliphatic rings. The third kappa shape index (κ3) is 3.66. The first-order valence-electron chi connectivity index (χ1n) is 8.38. The van der Waals surface area contributed by atoms with E-state index in [2.05, 4.69) is 35.8 Å². The van der Waals surface area contributed by atoms with E-state index in [1.165, 1.54) is 30.8 Å². The molecular formula is C19H22N3OS+. The minimum absolute atomic E-state index is 0.0555. The first-order chi connectivity index (χ1) is 11.7. The van der Waals surface area contributed by atoms with Gasteiger partial charge in [0.15, 0.2) is 0 Å². The Kier molecular flexibility index (Phi) is 5.29. The van der Waals surface area contributed by atoms with Gasteiger partial charge in [0.25, 0.3) is 5.91 Å². The molecule has 0 spiro atoms. The van der Waals surface area contributed by atoms with Crippen molar-refractivity contribution < 1.29 is 9.69 Å². The quantitative estimate of drug-likeness (QED) is 0.876. The standard InChI is InChI=1S/C19H21N3OS/c1-14(21-19(23)16-8-6-15(13-20)7-9-16)18(17-5-4-12-24-17)22-10-2-3-11-22/h4-9,12,14,18H,2-3,10-11H2,1H3,(H,21,23)/p+1/t14-,18-/m0/s1. The average Bonchev–Trinajstić information content (AvgIpc) is 3.29. The Hall–Kier alpha value is -2.16. The lowest BCUT2D eigenvalue weighted by atomic mass is 10.1. The second kappa shape index (κ2) is 7.61. The van der Waals surface area contributed by atoms with E-state index in [9.17, 15) is 4.79 Å². The summed E-state index contributed by atoms with van der Waals surface area (Å²) in [4.78, 5) is 15.4. The molecule has 2 aromatic rings. The summed E-state index contributed by atoms with van der Waals surface area (Å²) in [6.07, 6.45) is 2.51. The molecule has 2 atom stereocenters. The molecule has 3 rings (SSSR count). The lowest BCUT2D eigenvalue weighted by Crippen LogP contribution is -3.11. The van der Waals surface area contributed by atoms with Gasteiger partial charge in [0.2, 0.25) is 0 Å². The fourth-order valence-corrected chi connectivity index (χ4v) is 4.47. The molecule has 1 fully saturated rings. The lowest BCUT2D eigenvalue weighted by Gasteiger charge is -2.29. The van der Waals surface area contributed by atoms with Crippen molar-refractivity contribution in [3.05, 3.63) is 57.8 Å². The molecule has 2 N–H and O–H groups in total. The van der Waals surface area contributed by atoms with Gasteiger partial charge in [0.1, 0.15) is 6.04 Å². The van der Waals surface area contributed by atoms with Gasteiger partial charge < -0.3 is 10.2 Å². The first-order valence-corrected chi connectivity index (χ1v) is 9.26. The van der Waals surface area contributed by atoms with Gasteiger partial charge in [0, 0.05) is 18.4 Å². The molecule has 1 aromatic carbocycles. The number of thiophene rings is 1. The van der Waals surface area contributed by atoms with Gasteiger partial charge in [-0.2, -0.15) is 5.26 Å². The zero-order valence-corrected chi connectivity index (χ0v) is 14.6.